The summed E-state index contributed by atoms with van der Waals surface area (Å²) >= 11 is 0. The number of sulfonamides is 1. The fourth-order valence-corrected chi connectivity index (χ4v) is 3.57. The second-order valence-corrected chi connectivity index (χ2v) is 7.97. The standard InChI is InChI=1S/C22H19NO4S/c1-16-5-12-21(13-6-16)28(26,27)23-19-4-2-3-18(15-19)22(25)14-9-17-7-10-20(24)11-8-17/h2-15,23-24H,1H3. The molecule has 0 heterocycles. The van der Waals surface area contributed by atoms with Crippen LogP contribution in [0.3, 0.4) is 0 Å². The van der Waals surface area contributed by atoms with Gasteiger partial charge in [-0.3, -0.25) is 9.52 Å². The van der Waals surface area contributed by atoms with E-state index in [4.69, 9.17) is 0 Å². The molecular formula is C22H19NO4S. The van der Waals surface area contributed by atoms with Crippen LogP contribution in [0.1, 0.15) is 21.5 Å². The maximum atomic E-state index is 12.5. The highest BCUT2D eigenvalue weighted by atomic mass is 32.2. The fourth-order valence-electron chi connectivity index (χ4n) is 2.52. The summed E-state index contributed by atoms with van der Waals surface area (Å²) in [5, 5.41) is 9.28. The average molecular weight is 393 g/mol. The van der Waals surface area contributed by atoms with Crippen molar-refractivity contribution in [3.8, 4) is 5.75 Å². The number of ketones is 1. The first kappa shape index (κ1) is 19.4. The minimum atomic E-state index is -3.73. The van der Waals surface area contributed by atoms with Gasteiger partial charge in [0, 0.05) is 11.3 Å². The Hall–Kier alpha value is -3.38. The van der Waals surface area contributed by atoms with Gasteiger partial charge in [0.05, 0.1) is 4.90 Å². The van der Waals surface area contributed by atoms with Gasteiger partial charge >= 0.3 is 0 Å². The number of nitrogens with one attached hydrogen (secondary N) is 1. The van der Waals surface area contributed by atoms with Crippen molar-refractivity contribution in [3.05, 3.63) is 95.6 Å². The van der Waals surface area contributed by atoms with Crippen LogP contribution in [0.15, 0.2) is 83.8 Å². The van der Waals surface area contributed by atoms with Crippen molar-refractivity contribution in [1.29, 1.82) is 0 Å². The number of carbonyl (C=O) groups is 1. The van der Waals surface area contributed by atoms with Gasteiger partial charge in [-0.25, -0.2) is 8.42 Å². The van der Waals surface area contributed by atoms with Crippen LogP contribution in [-0.2, 0) is 10.0 Å². The predicted octanol–water partition coefficient (Wildman–Crippen LogP) is 4.40. The molecule has 0 radical (unpaired) electrons. The number of hydrogen-bond acceptors (Lipinski definition) is 4. The highest BCUT2D eigenvalue weighted by molar-refractivity contribution is 7.92. The van der Waals surface area contributed by atoms with Gasteiger partial charge < -0.3 is 5.11 Å². The Morgan fingerprint density at radius 3 is 2.32 bits per heavy atom. The molecule has 0 atom stereocenters. The molecule has 0 bridgehead atoms. The Labute approximate surface area is 164 Å². The van der Waals surface area contributed by atoms with E-state index >= 15 is 0 Å². The van der Waals surface area contributed by atoms with E-state index < -0.39 is 10.0 Å². The SMILES string of the molecule is Cc1ccc(S(=O)(=O)Nc2cccc(C(=O)C=Cc3ccc(O)cc3)c2)cc1. The molecule has 5 nitrogen and oxygen atoms in total. The second kappa shape index (κ2) is 8.10. The molecule has 2 N–H and O–H groups in total. The normalized spacial score (nSPS) is 11.5. The first-order valence-corrected chi connectivity index (χ1v) is 10.0. The summed E-state index contributed by atoms with van der Waals surface area (Å²) < 4.78 is 27.5. The summed E-state index contributed by atoms with van der Waals surface area (Å²) in [7, 11) is -3.73. The highest BCUT2D eigenvalue weighted by Gasteiger charge is 2.14. The first-order chi connectivity index (χ1) is 13.3. The molecule has 3 rings (SSSR count). The van der Waals surface area contributed by atoms with Gasteiger partial charge in [0.1, 0.15) is 5.75 Å². The van der Waals surface area contributed by atoms with Gasteiger partial charge in [-0.15, -0.1) is 0 Å². The molecule has 0 saturated carbocycles. The number of phenols is 1. The molecule has 0 aromatic heterocycles. The maximum Gasteiger partial charge on any atom is 0.261 e. The molecule has 0 fully saturated rings. The topological polar surface area (TPSA) is 83.5 Å². The number of anilines is 1. The minimum absolute atomic E-state index is 0.150. The molecule has 0 unspecified atom stereocenters. The van der Waals surface area contributed by atoms with E-state index in [2.05, 4.69) is 4.72 Å². The minimum Gasteiger partial charge on any atom is -0.508 e. The zero-order valence-electron chi connectivity index (χ0n) is 15.2. The van der Waals surface area contributed by atoms with Crippen LogP contribution in [0.5, 0.6) is 5.75 Å². The Bertz CT molecular complexity index is 1120. The summed E-state index contributed by atoms with van der Waals surface area (Å²) in [6.07, 6.45) is 3.03. The van der Waals surface area contributed by atoms with Crippen LogP contribution in [0.25, 0.3) is 6.08 Å². The predicted molar refractivity (Wildman–Crippen MR) is 110 cm³/mol. The molecule has 3 aromatic rings. The summed E-state index contributed by atoms with van der Waals surface area (Å²) in [5.41, 5.74) is 2.40. The number of carbonyl (C=O) groups excluding carboxylic acids is 1. The summed E-state index contributed by atoms with van der Waals surface area (Å²) in [6, 6.07) is 19.3. The van der Waals surface area contributed by atoms with Gasteiger partial charge in [-0.05, 0) is 55.0 Å². The second-order valence-electron chi connectivity index (χ2n) is 6.29. The number of phenolic OH excluding ortho intramolecular Hbond substituents is 1. The third-order valence-corrected chi connectivity index (χ3v) is 5.45. The van der Waals surface area contributed by atoms with Gasteiger partial charge in [0.25, 0.3) is 10.0 Å². The maximum absolute atomic E-state index is 12.5. The summed E-state index contributed by atoms with van der Waals surface area (Å²) in [5.74, 6) is -0.110. The third-order valence-electron chi connectivity index (χ3n) is 4.05. The van der Waals surface area contributed by atoms with Gasteiger partial charge in [-0.2, -0.15) is 0 Å². The van der Waals surface area contributed by atoms with Gasteiger partial charge in [0.2, 0.25) is 0 Å². The zero-order valence-corrected chi connectivity index (χ0v) is 16.0. The number of allylic oxidation sites excluding steroid dienone is 1. The molecule has 28 heavy (non-hydrogen) atoms. The molecule has 3 aromatic carbocycles. The van der Waals surface area contributed by atoms with E-state index in [1.807, 2.05) is 6.92 Å². The van der Waals surface area contributed by atoms with Crippen LogP contribution >= 0.6 is 0 Å². The molecule has 0 spiro atoms. The monoisotopic (exact) mass is 393 g/mol. The molecule has 0 aliphatic carbocycles. The van der Waals surface area contributed by atoms with Crippen molar-refractivity contribution < 1.29 is 18.3 Å². The van der Waals surface area contributed by atoms with E-state index in [0.29, 0.717) is 11.3 Å². The van der Waals surface area contributed by atoms with Crippen molar-refractivity contribution in [2.75, 3.05) is 4.72 Å². The van der Waals surface area contributed by atoms with Crippen LogP contribution < -0.4 is 4.72 Å². The van der Waals surface area contributed by atoms with Gasteiger partial charge in [0.15, 0.2) is 5.78 Å². The highest BCUT2D eigenvalue weighted by Crippen LogP contribution is 2.19. The Morgan fingerprint density at radius 2 is 1.64 bits per heavy atom. The van der Waals surface area contributed by atoms with E-state index in [-0.39, 0.29) is 16.4 Å². The smallest absolute Gasteiger partial charge is 0.261 e. The largest absolute Gasteiger partial charge is 0.508 e. The van der Waals surface area contributed by atoms with E-state index in [1.54, 1.807) is 48.5 Å². The lowest BCUT2D eigenvalue weighted by Crippen LogP contribution is -2.13. The number of benzene rings is 3. The van der Waals surface area contributed by atoms with Crippen molar-refractivity contribution in [1.82, 2.24) is 0 Å². The van der Waals surface area contributed by atoms with E-state index in [9.17, 15) is 18.3 Å². The quantitative estimate of drug-likeness (QED) is 0.480. The van der Waals surface area contributed by atoms with Gasteiger partial charge in [-0.1, -0.05) is 48.0 Å². The first-order valence-electron chi connectivity index (χ1n) is 8.54. The van der Waals surface area contributed by atoms with Crippen molar-refractivity contribution in [3.63, 3.8) is 0 Å². The Kier molecular flexibility index (Phi) is 5.61. The summed E-state index contributed by atoms with van der Waals surface area (Å²) in [6.45, 7) is 1.88. The Morgan fingerprint density at radius 1 is 0.964 bits per heavy atom. The molecule has 142 valence electrons. The zero-order chi connectivity index (χ0) is 20.1. The lowest BCUT2D eigenvalue weighted by molar-refractivity contribution is 0.104. The molecule has 0 aliphatic heterocycles. The van der Waals surface area contributed by atoms with E-state index in [0.717, 1.165) is 11.1 Å². The van der Waals surface area contributed by atoms with E-state index in [1.165, 1.54) is 36.4 Å². The molecule has 0 saturated heterocycles. The van der Waals surface area contributed by atoms with Crippen LogP contribution in [0.4, 0.5) is 5.69 Å². The summed E-state index contributed by atoms with van der Waals surface area (Å²) in [4.78, 5) is 12.6. The van der Waals surface area contributed by atoms with Crippen LogP contribution in [0, 0.1) is 6.92 Å². The van der Waals surface area contributed by atoms with Crippen molar-refractivity contribution >= 4 is 27.6 Å². The number of aryl methyl sites for hydroxylation is 1. The molecule has 0 amide bonds. The number of hydrogen-bond donors (Lipinski definition) is 2. The third kappa shape index (κ3) is 4.86. The lowest BCUT2D eigenvalue weighted by Gasteiger charge is -2.09. The molecule has 6 heteroatoms. The number of rotatable bonds is 6. The molecule has 0 aliphatic rings. The van der Waals surface area contributed by atoms with Crippen molar-refractivity contribution in [2.24, 2.45) is 0 Å². The number of aromatic hydroxyl groups is 1. The lowest BCUT2D eigenvalue weighted by atomic mass is 10.1. The van der Waals surface area contributed by atoms with Crippen LogP contribution in [0.2, 0.25) is 0 Å². The molecular weight excluding hydrogens is 374 g/mol. The van der Waals surface area contributed by atoms with Crippen molar-refractivity contribution in [2.45, 2.75) is 11.8 Å². The average Bonchev–Trinajstić information content (AvgIpc) is 2.67. The van der Waals surface area contributed by atoms with Crippen LogP contribution in [-0.4, -0.2) is 19.3 Å². The fraction of sp³-hybridized carbons (Fsp3) is 0.0455. The Balaban J connectivity index is 1.77.